The molecule has 2 atom stereocenters. The number of hydrogen-bond donors (Lipinski definition) is 1. The molecule has 4 nitrogen and oxygen atoms in total. The summed E-state index contributed by atoms with van der Waals surface area (Å²) in [4.78, 5) is 4.77. The molecule has 0 radical (unpaired) electrons. The first kappa shape index (κ1) is 21.2. The number of likely N-dealkylation sites (tertiary alicyclic amines) is 1. The Kier molecular flexibility index (Phi) is 6.31. The minimum absolute atomic E-state index is 0.501. The maximum Gasteiger partial charge on any atom is 0.188 e. The Morgan fingerprint density at radius 1 is 1.24 bits per heavy atom. The van der Waals surface area contributed by atoms with Gasteiger partial charge < -0.3 is 4.90 Å². The minimum atomic E-state index is 0.501. The predicted octanol–water partition coefficient (Wildman–Crippen LogP) is 5.63. The van der Waals surface area contributed by atoms with Gasteiger partial charge in [-0.1, -0.05) is 30.1 Å². The summed E-state index contributed by atoms with van der Waals surface area (Å²) < 4.78 is 1.95. The Morgan fingerprint density at radius 3 is 2.69 bits per heavy atom. The molecule has 7 heteroatoms. The fraction of sp³-hybridized carbons (Fsp3) is 0.591. The fourth-order valence-corrected chi connectivity index (χ4v) is 6.14. The summed E-state index contributed by atoms with van der Waals surface area (Å²) in [6, 6.07) is 4.69. The largest absolute Gasteiger partial charge is 0.348 e. The van der Waals surface area contributed by atoms with Crippen LogP contribution in [0.3, 0.4) is 0 Å². The number of aromatic nitrogens is 1. The van der Waals surface area contributed by atoms with Crippen molar-refractivity contribution in [3.8, 4) is 0 Å². The Balaban J connectivity index is 1.82. The first-order chi connectivity index (χ1) is 14.0. The van der Waals surface area contributed by atoms with Crippen molar-refractivity contribution in [2.45, 2.75) is 58.4 Å². The van der Waals surface area contributed by atoms with Gasteiger partial charge in [0.1, 0.15) is 5.15 Å². The molecule has 1 N–H and O–H groups in total. The van der Waals surface area contributed by atoms with Gasteiger partial charge in [0.25, 0.3) is 0 Å². The highest BCUT2D eigenvalue weighted by atomic mass is 35.5. The normalized spacial score (nSPS) is 21.3. The molecule has 0 bridgehead atoms. The van der Waals surface area contributed by atoms with Crippen molar-refractivity contribution in [2.75, 3.05) is 31.6 Å². The number of benzene rings is 1. The van der Waals surface area contributed by atoms with Crippen molar-refractivity contribution < 1.29 is 0 Å². The fourth-order valence-electron chi connectivity index (χ4n) is 5.26. The van der Waals surface area contributed by atoms with Gasteiger partial charge in [-0.3, -0.25) is 10.3 Å². The number of thiocarbonyl (C=S) groups is 1. The zero-order chi connectivity index (χ0) is 20.7. The molecule has 29 heavy (non-hydrogen) atoms. The second-order valence-electron chi connectivity index (χ2n) is 8.14. The topological polar surface area (TPSA) is 23.4 Å². The van der Waals surface area contributed by atoms with E-state index in [0.29, 0.717) is 17.1 Å². The summed E-state index contributed by atoms with van der Waals surface area (Å²) in [5.41, 5.74) is 7.00. The second-order valence-corrected chi connectivity index (χ2v) is 9.32. The molecule has 2 heterocycles. The van der Waals surface area contributed by atoms with E-state index >= 15 is 0 Å². The van der Waals surface area contributed by atoms with Gasteiger partial charge in [-0.05, 0) is 82.5 Å². The van der Waals surface area contributed by atoms with Crippen LogP contribution in [-0.4, -0.2) is 51.8 Å². The van der Waals surface area contributed by atoms with E-state index in [1.54, 1.807) is 0 Å². The second kappa shape index (κ2) is 8.62. The molecule has 0 unspecified atom stereocenters. The minimum Gasteiger partial charge on any atom is -0.348 e. The molecular formula is C22H30Cl2N4S. The number of hydrogen-bond acceptors (Lipinski definition) is 2. The molecule has 158 valence electrons. The molecule has 0 spiro atoms. The smallest absolute Gasteiger partial charge is 0.188 e. The number of fused-ring (bicyclic) bond motifs is 2. The monoisotopic (exact) mass is 452 g/mol. The third-order valence-electron chi connectivity index (χ3n) is 6.58. The first-order valence-corrected chi connectivity index (χ1v) is 12.0. The number of nitrogens with zero attached hydrogens (tertiary/aromatic N) is 3. The van der Waals surface area contributed by atoms with Crippen LogP contribution in [0.1, 0.15) is 57.1 Å². The zero-order valence-electron chi connectivity index (χ0n) is 17.5. The van der Waals surface area contributed by atoms with Crippen molar-refractivity contribution in [1.29, 1.82) is 0 Å². The maximum absolute atomic E-state index is 6.96. The van der Waals surface area contributed by atoms with Gasteiger partial charge in [0.2, 0.25) is 0 Å². The number of halogens is 2. The number of piperidine rings is 1. The molecule has 1 aromatic heterocycles. The summed E-state index contributed by atoms with van der Waals surface area (Å²) in [5, 5.41) is 3.46. The molecule has 1 saturated heterocycles. The third kappa shape index (κ3) is 3.65. The van der Waals surface area contributed by atoms with E-state index < -0.39 is 0 Å². The number of nitrogens with one attached hydrogen (secondary N) is 1. The van der Waals surface area contributed by atoms with Crippen LogP contribution in [0.4, 0.5) is 0 Å². The first-order valence-electron chi connectivity index (χ1n) is 10.8. The predicted molar refractivity (Wildman–Crippen MR) is 128 cm³/mol. The van der Waals surface area contributed by atoms with E-state index in [2.05, 4.69) is 42.1 Å². The van der Waals surface area contributed by atoms with Crippen molar-refractivity contribution >= 4 is 51.4 Å². The molecule has 1 aliphatic heterocycles. The quantitative estimate of drug-likeness (QED) is 0.593. The average molecular weight is 453 g/mol. The van der Waals surface area contributed by atoms with Crippen LogP contribution in [-0.2, 0) is 6.42 Å². The van der Waals surface area contributed by atoms with Gasteiger partial charge in [0.15, 0.2) is 5.11 Å². The summed E-state index contributed by atoms with van der Waals surface area (Å²) in [7, 11) is 0. The van der Waals surface area contributed by atoms with Crippen LogP contribution in [0.15, 0.2) is 12.1 Å². The van der Waals surface area contributed by atoms with Crippen LogP contribution < -0.4 is 5.43 Å². The Morgan fingerprint density at radius 2 is 2.00 bits per heavy atom. The Labute approximate surface area is 189 Å². The van der Waals surface area contributed by atoms with Crippen molar-refractivity contribution in [1.82, 2.24) is 14.5 Å². The maximum atomic E-state index is 6.96. The molecule has 1 fully saturated rings. The van der Waals surface area contributed by atoms with E-state index in [0.717, 1.165) is 41.7 Å². The molecule has 2 aliphatic rings. The van der Waals surface area contributed by atoms with Crippen molar-refractivity contribution in [3.05, 3.63) is 33.4 Å². The van der Waals surface area contributed by atoms with Gasteiger partial charge in [-0.2, -0.15) is 0 Å². The molecule has 0 amide bonds. The molecule has 4 rings (SSSR count). The molecule has 2 aromatic rings. The Bertz CT molecular complexity index is 919. The molecule has 1 aliphatic carbocycles. The van der Waals surface area contributed by atoms with E-state index in [1.807, 2.05) is 10.7 Å². The van der Waals surface area contributed by atoms with E-state index in [1.165, 1.54) is 42.3 Å². The van der Waals surface area contributed by atoms with Crippen LogP contribution >= 0.6 is 35.4 Å². The summed E-state index contributed by atoms with van der Waals surface area (Å²) >= 11 is 19.2. The van der Waals surface area contributed by atoms with Crippen LogP contribution in [0.5, 0.6) is 0 Å². The average Bonchev–Trinajstić information content (AvgIpc) is 2.96. The van der Waals surface area contributed by atoms with Gasteiger partial charge >= 0.3 is 0 Å². The number of rotatable bonds is 5. The van der Waals surface area contributed by atoms with E-state index in [4.69, 9.17) is 35.4 Å². The lowest BCUT2D eigenvalue weighted by atomic mass is 9.75. The highest BCUT2D eigenvalue weighted by molar-refractivity contribution is 7.80. The molecule has 1 aromatic carbocycles. The summed E-state index contributed by atoms with van der Waals surface area (Å²) in [6.07, 6.45) is 4.62. The van der Waals surface area contributed by atoms with Gasteiger partial charge in [-0.15, -0.1) is 0 Å². The van der Waals surface area contributed by atoms with Gasteiger partial charge in [0, 0.05) is 41.0 Å². The van der Waals surface area contributed by atoms with Crippen LogP contribution in [0.25, 0.3) is 10.9 Å². The van der Waals surface area contributed by atoms with Crippen molar-refractivity contribution in [3.63, 3.8) is 0 Å². The van der Waals surface area contributed by atoms with E-state index in [-0.39, 0.29) is 0 Å². The molecule has 0 saturated carbocycles. The zero-order valence-corrected chi connectivity index (χ0v) is 19.8. The SMILES string of the molecule is CCCN1CCC[C@@H]2c3cc(Cl)cc4c3c(c(Cl)n4NC(=S)N(CC)CC)C[C@H]21. The van der Waals surface area contributed by atoms with Crippen molar-refractivity contribution in [2.24, 2.45) is 0 Å². The summed E-state index contributed by atoms with van der Waals surface area (Å²) in [5.74, 6) is 0.519. The Hall–Kier alpha value is -1.01. The third-order valence-corrected chi connectivity index (χ3v) is 7.54. The highest BCUT2D eigenvalue weighted by Gasteiger charge is 2.39. The van der Waals surface area contributed by atoms with Gasteiger partial charge in [-0.25, -0.2) is 4.68 Å². The van der Waals surface area contributed by atoms with Crippen LogP contribution in [0, 0.1) is 0 Å². The lowest BCUT2D eigenvalue weighted by Gasteiger charge is -2.44. The lowest BCUT2D eigenvalue weighted by Crippen LogP contribution is -2.47. The van der Waals surface area contributed by atoms with Gasteiger partial charge in [0.05, 0.1) is 5.52 Å². The lowest BCUT2D eigenvalue weighted by molar-refractivity contribution is 0.124. The highest BCUT2D eigenvalue weighted by Crippen LogP contribution is 2.47. The van der Waals surface area contributed by atoms with Crippen LogP contribution in [0.2, 0.25) is 10.2 Å². The standard InChI is InChI=1S/C22H30Cl2N4S/c1-4-9-27-10-7-8-15-16-11-14(23)12-19-20(16)17(13-18(15)27)21(24)28(19)25-22(29)26(5-2)6-3/h11-12,15,18H,4-10,13H2,1-3H3,(H,25,29)/t15-,18-/m1/s1. The van der Waals surface area contributed by atoms with E-state index in [9.17, 15) is 0 Å². The summed E-state index contributed by atoms with van der Waals surface area (Å²) in [6.45, 7) is 10.5. The molecular weight excluding hydrogens is 423 g/mol.